The van der Waals surface area contributed by atoms with Crippen molar-refractivity contribution in [1.82, 2.24) is 0 Å². The summed E-state index contributed by atoms with van der Waals surface area (Å²) in [4.78, 5) is 1.35. The highest BCUT2D eigenvalue weighted by Crippen LogP contribution is 2.49. The first kappa shape index (κ1) is 18.7. The Bertz CT molecular complexity index is 1170. The van der Waals surface area contributed by atoms with Crippen molar-refractivity contribution in [3.05, 3.63) is 100 Å². The van der Waals surface area contributed by atoms with E-state index >= 15 is 0 Å². The maximum atomic E-state index is 3.82. The second-order valence-electron chi connectivity index (χ2n) is 7.94. The zero-order valence-electron chi connectivity index (χ0n) is 17.0. The fourth-order valence-corrected chi connectivity index (χ4v) is 5.63. The summed E-state index contributed by atoms with van der Waals surface area (Å²) in [5.41, 5.74) is 8.62. The Morgan fingerprint density at radius 1 is 0.821 bits per heavy atom. The van der Waals surface area contributed by atoms with Crippen LogP contribution in [0.25, 0.3) is 27.3 Å². The normalized spacial score (nSPS) is 13.4. The molecule has 0 radical (unpaired) electrons. The number of fused-ring (bicyclic) bond motifs is 4. The van der Waals surface area contributed by atoms with Crippen LogP contribution in [-0.2, 0) is 5.41 Å². The summed E-state index contributed by atoms with van der Waals surface area (Å²) < 4.78 is 1.35. The van der Waals surface area contributed by atoms with E-state index in [0.717, 1.165) is 0 Å². The Kier molecular flexibility index (Phi) is 4.72. The Morgan fingerprint density at radius 3 is 2.29 bits per heavy atom. The van der Waals surface area contributed by atoms with E-state index in [4.69, 9.17) is 0 Å². The van der Waals surface area contributed by atoms with Gasteiger partial charge >= 0.3 is 0 Å². The molecule has 3 aromatic carbocycles. The fourth-order valence-electron chi connectivity index (χ4n) is 4.56. The van der Waals surface area contributed by atoms with Gasteiger partial charge in [-0.05, 0) is 58.7 Å². The SMILES string of the molecule is C=Cc1c(C)sc2ccccc12.Cc1cccc2c1C(C)(C)c1ccccc1-2. The molecule has 0 nitrogen and oxygen atoms in total. The lowest BCUT2D eigenvalue weighted by molar-refractivity contribution is 0.655. The van der Waals surface area contributed by atoms with Gasteiger partial charge in [0.05, 0.1) is 0 Å². The lowest BCUT2D eigenvalue weighted by Gasteiger charge is -2.23. The highest BCUT2D eigenvalue weighted by Gasteiger charge is 2.35. The molecule has 1 aromatic heterocycles. The van der Waals surface area contributed by atoms with Crippen molar-refractivity contribution in [3.63, 3.8) is 0 Å². The number of hydrogen-bond acceptors (Lipinski definition) is 1. The van der Waals surface area contributed by atoms with Crippen molar-refractivity contribution < 1.29 is 0 Å². The molecule has 0 amide bonds. The van der Waals surface area contributed by atoms with Crippen molar-refractivity contribution in [2.75, 3.05) is 0 Å². The molecule has 1 aliphatic rings. The second kappa shape index (κ2) is 7.07. The van der Waals surface area contributed by atoms with E-state index < -0.39 is 0 Å². The van der Waals surface area contributed by atoms with Gasteiger partial charge in [-0.2, -0.15) is 0 Å². The zero-order chi connectivity index (χ0) is 19.9. The predicted molar refractivity (Wildman–Crippen MR) is 125 cm³/mol. The predicted octanol–water partition coefficient (Wildman–Crippen LogP) is 8.15. The molecule has 0 fully saturated rings. The number of thiophene rings is 1. The highest BCUT2D eigenvalue weighted by molar-refractivity contribution is 7.19. The first-order chi connectivity index (χ1) is 13.4. The fraction of sp³-hybridized carbons (Fsp3) is 0.185. The molecule has 0 unspecified atom stereocenters. The van der Waals surface area contributed by atoms with E-state index in [2.05, 4.69) is 101 Å². The van der Waals surface area contributed by atoms with Gasteiger partial charge in [-0.25, -0.2) is 0 Å². The molecule has 0 N–H and O–H groups in total. The maximum Gasteiger partial charge on any atom is 0.0351 e. The molecule has 0 saturated heterocycles. The highest BCUT2D eigenvalue weighted by atomic mass is 32.1. The minimum absolute atomic E-state index is 0.150. The quantitative estimate of drug-likeness (QED) is 0.311. The lowest BCUT2D eigenvalue weighted by Crippen LogP contribution is -2.16. The third kappa shape index (κ3) is 2.91. The molecule has 4 aromatic rings. The Hall–Kier alpha value is -2.64. The molecule has 28 heavy (non-hydrogen) atoms. The summed E-state index contributed by atoms with van der Waals surface area (Å²) in [5.74, 6) is 0. The molecule has 0 aliphatic heterocycles. The Morgan fingerprint density at radius 2 is 1.50 bits per heavy atom. The molecule has 1 heterocycles. The van der Waals surface area contributed by atoms with Gasteiger partial charge in [-0.15, -0.1) is 11.3 Å². The average molecular weight is 383 g/mol. The van der Waals surface area contributed by atoms with Crippen LogP contribution in [0.1, 0.15) is 41.0 Å². The zero-order valence-corrected chi connectivity index (χ0v) is 17.9. The van der Waals surface area contributed by atoms with Crippen molar-refractivity contribution in [3.8, 4) is 11.1 Å². The molecule has 0 bridgehead atoms. The van der Waals surface area contributed by atoms with Gasteiger partial charge < -0.3 is 0 Å². The van der Waals surface area contributed by atoms with Crippen LogP contribution >= 0.6 is 11.3 Å². The number of rotatable bonds is 1. The van der Waals surface area contributed by atoms with Crippen LogP contribution in [0, 0.1) is 13.8 Å². The van der Waals surface area contributed by atoms with E-state index in [9.17, 15) is 0 Å². The van der Waals surface area contributed by atoms with Crippen molar-refractivity contribution in [2.24, 2.45) is 0 Å². The molecule has 140 valence electrons. The molecule has 0 atom stereocenters. The lowest BCUT2D eigenvalue weighted by atomic mass is 9.80. The molecule has 5 rings (SSSR count). The summed E-state index contributed by atoms with van der Waals surface area (Å²) in [5, 5.41) is 1.33. The topological polar surface area (TPSA) is 0 Å². The third-order valence-electron chi connectivity index (χ3n) is 5.81. The second-order valence-corrected chi connectivity index (χ2v) is 9.20. The van der Waals surface area contributed by atoms with Gasteiger partial charge in [0.1, 0.15) is 0 Å². The smallest absolute Gasteiger partial charge is 0.0351 e. The van der Waals surface area contributed by atoms with Crippen LogP contribution in [-0.4, -0.2) is 0 Å². The van der Waals surface area contributed by atoms with Crippen LogP contribution in [0.4, 0.5) is 0 Å². The summed E-state index contributed by atoms with van der Waals surface area (Å²) in [7, 11) is 0. The summed E-state index contributed by atoms with van der Waals surface area (Å²) in [6.07, 6.45) is 1.94. The van der Waals surface area contributed by atoms with Gasteiger partial charge in [-0.3, -0.25) is 0 Å². The summed E-state index contributed by atoms with van der Waals surface area (Å²) >= 11 is 1.83. The first-order valence-electron chi connectivity index (χ1n) is 9.75. The third-order valence-corrected chi connectivity index (χ3v) is 6.91. The Balaban J connectivity index is 0.000000143. The van der Waals surface area contributed by atoms with E-state index in [1.807, 2.05) is 17.4 Å². The number of aryl methyl sites for hydroxylation is 2. The molecular formula is C27H26S. The van der Waals surface area contributed by atoms with E-state index in [1.165, 1.54) is 48.3 Å². The van der Waals surface area contributed by atoms with Gasteiger partial charge in [0.2, 0.25) is 0 Å². The molecule has 0 saturated carbocycles. The molecular weight excluding hydrogens is 356 g/mol. The van der Waals surface area contributed by atoms with Crippen molar-refractivity contribution in [1.29, 1.82) is 0 Å². The Labute approximate surface area is 172 Å². The number of benzene rings is 3. The van der Waals surface area contributed by atoms with Crippen LogP contribution in [0.2, 0.25) is 0 Å². The standard InChI is InChI=1S/C16H16.C11H10S/c1-11-7-6-9-13-12-8-4-5-10-14(12)16(2,3)15(11)13;1-3-9-8(2)12-11-7-5-4-6-10(9)11/h4-10H,1-3H3;3-7H,1H2,2H3. The van der Waals surface area contributed by atoms with Gasteiger partial charge in [0.25, 0.3) is 0 Å². The van der Waals surface area contributed by atoms with E-state index in [-0.39, 0.29) is 5.41 Å². The molecule has 1 heteroatoms. The van der Waals surface area contributed by atoms with Gasteiger partial charge in [-0.1, -0.05) is 87.2 Å². The van der Waals surface area contributed by atoms with Crippen molar-refractivity contribution >= 4 is 27.5 Å². The molecule has 0 spiro atoms. The number of hydrogen-bond donors (Lipinski definition) is 0. The van der Waals surface area contributed by atoms with E-state index in [0.29, 0.717) is 0 Å². The molecule has 1 aliphatic carbocycles. The van der Waals surface area contributed by atoms with Gasteiger partial charge in [0.15, 0.2) is 0 Å². The van der Waals surface area contributed by atoms with Crippen LogP contribution < -0.4 is 0 Å². The van der Waals surface area contributed by atoms with Gasteiger partial charge in [0, 0.05) is 15.0 Å². The largest absolute Gasteiger partial charge is 0.140 e. The first-order valence-corrected chi connectivity index (χ1v) is 10.6. The minimum atomic E-state index is 0.150. The summed E-state index contributed by atoms with van der Waals surface area (Å²) in [6.45, 7) is 12.8. The van der Waals surface area contributed by atoms with Crippen LogP contribution in [0.5, 0.6) is 0 Å². The minimum Gasteiger partial charge on any atom is -0.140 e. The monoisotopic (exact) mass is 382 g/mol. The average Bonchev–Trinajstić information content (AvgIpc) is 3.14. The maximum absolute atomic E-state index is 3.82. The van der Waals surface area contributed by atoms with Crippen LogP contribution in [0.15, 0.2) is 73.3 Å². The van der Waals surface area contributed by atoms with Crippen molar-refractivity contribution in [2.45, 2.75) is 33.1 Å². The van der Waals surface area contributed by atoms with Crippen LogP contribution in [0.3, 0.4) is 0 Å². The van der Waals surface area contributed by atoms with E-state index in [1.54, 1.807) is 0 Å². The summed E-state index contributed by atoms with van der Waals surface area (Å²) in [6, 6.07) is 23.8.